The molecule has 0 saturated carbocycles. The van der Waals surface area contributed by atoms with Crippen LogP contribution in [0.3, 0.4) is 0 Å². The molecule has 0 aromatic heterocycles. The summed E-state index contributed by atoms with van der Waals surface area (Å²) in [5, 5.41) is 16.0. The van der Waals surface area contributed by atoms with Crippen LogP contribution in [-0.2, 0) is 16.0 Å². The number of nitro groups is 1. The van der Waals surface area contributed by atoms with Crippen molar-refractivity contribution in [1.29, 1.82) is 0 Å². The quantitative estimate of drug-likeness (QED) is 0.601. The average molecular weight is 392 g/mol. The lowest BCUT2D eigenvalue weighted by atomic mass is 10.1. The molecule has 2 amide bonds. The van der Waals surface area contributed by atoms with Gasteiger partial charge in [-0.05, 0) is 23.8 Å². The van der Waals surface area contributed by atoms with Gasteiger partial charge in [-0.3, -0.25) is 19.7 Å². The monoisotopic (exact) mass is 391 g/mol. The van der Waals surface area contributed by atoms with Crippen molar-refractivity contribution in [3.05, 3.63) is 62.6 Å². The minimum atomic E-state index is -0.495. The lowest BCUT2D eigenvalue weighted by molar-refractivity contribution is -0.384. The minimum absolute atomic E-state index is 0.0286. The second-order valence-electron chi connectivity index (χ2n) is 5.02. The minimum Gasteiger partial charge on any atom is -0.325 e. The van der Waals surface area contributed by atoms with Gasteiger partial charge in [0.15, 0.2) is 0 Å². The van der Waals surface area contributed by atoms with Crippen molar-refractivity contribution < 1.29 is 14.5 Å². The zero-order chi connectivity index (χ0) is 17.7. The van der Waals surface area contributed by atoms with Crippen LogP contribution in [0.15, 0.2) is 46.9 Å². The molecule has 0 bridgehead atoms. The topological polar surface area (TPSA) is 101 Å². The fourth-order valence-corrected chi connectivity index (χ4v) is 2.39. The Bertz CT molecular complexity index is 790. The number of carbonyl (C=O) groups excluding carboxylic acids is 2. The number of nitro benzene ring substituents is 1. The zero-order valence-corrected chi connectivity index (χ0v) is 14.3. The van der Waals surface area contributed by atoms with E-state index in [1.807, 2.05) is 0 Å². The maximum Gasteiger partial charge on any atom is 0.269 e. The highest BCUT2D eigenvalue weighted by Gasteiger charge is 2.11. The number of benzene rings is 2. The smallest absolute Gasteiger partial charge is 0.269 e. The van der Waals surface area contributed by atoms with E-state index in [1.165, 1.54) is 31.2 Å². The molecule has 0 unspecified atom stereocenters. The Morgan fingerprint density at radius 2 is 1.75 bits per heavy atom. The van der Waals surface area contributed by atoms with Gasteiger partial charge in [-0.2, -0.15) is 0 Å². The Hall–Kier alpha value is -2.74. The van der Waals surface area contributed by atoms with E-state index >= 15 is 0 Å². The molecule has 2 aromatic carbocycles. The second-order valence-corrected chi connectivity index (χ2v) is 5.94. The number of carbonyl (C=O) groups is 2. The van der Waals surface area contributed by atoms with E-state index in [9.17, 15) is 19.7 Å². The van der Waals surface area contributed by atoms with Gasteiger partial charge in [0.2, 0.25) is 11.8 Å². The van der Waals surface area contributed by atoms with Crippen molar-refractivity contribution in [1.82, 2.24) is 0 Å². The van der Waals surface area contributed by atoms with Crippen LogP contribution < -0.4 is 10.6 Å². The first-order valence-corrected chi connectivity index (χ1v) is 7.75. The van der Waals surface area contributed by atoms with Crippen LogP contribution in [0.2, 0.25) is 0 Å². The maximum absolute atomic E-state index is 12.2. The SMILES string of the molecule is CC(=O)Nc1ccc(Br)cc1NC(=O)Cc1ccc([N+](=O)[O-])cc1. The molecule has 24 heavy (non-hydrogen) atoms. The first-order chi connectivity index (χ1) is 11.3. The van der Waals surface area contributed by atoms with Crippen molar-refractivity contribution in [2.75, 3.05) is 10.6 Å². The molecule has 2 N–H and O–H groups in total. The van der Waals surface area contributed by atoms with E-state index in [4.69, 9.17) is 0 Å². The summed E-state index contributed by atoms with van der Waals surface area (Å²) < 4.78 is 0.752. The highest BCUT2D eigenvalue weighted by Crippen LogP contribution is 2.26. The molecule has 0 aliphatic rings. The van der Waals surface area contributed by atoms with Crippen LogP contribution in [0.4, 0.5) is 17.1 Å². The highest BCUT2D eigenvalue weighted by atomic mass is 79.9. The normalized spacial score (nSPS) is 10.1. The van der Waals surface area contributed by atoms with Crippen LogP contribution in [0, 0.1) is 10.1 Å². The standard InChI is InChI=1S/C16H14BrN3O4/c1-10(21)18-14-7-4-12(17)9-15(14)19-16(22)8-11-2-5-13(6-3-11)20(23)24/h2-7,9H,8H2,1H3,(H,18,21)(H,19,22). The molecule has 0 aliphatic carbocycles. The fourth-order valence-electron chi connectivity index (χ4n) is 2.03. The van der Waals surface area contributed by atoms with Gasteiger partial charge in [0.25, 0.3) is 5.69 Å². The molecule has 0 spiro atoms. The number of nitrogens with zero attached hydrogens (tertiary/aromatic N) is 1. The van der Waals surface area contributed by atoms with E-state index < -0.39 is 4.92 Å². The lowest BCUT2D eigenvalue weighted by Gasteiger charge is -2.12. The number of anilines is 2. The van der Waals surface area contributed by atoms with Crippen LogP contribution in [0.25, 0.3) is 0 Å². The second kappa shape index (κ2) is 7.69. The fraction of sp³-hybridized carbons (Fsp3) is 0.125. The number of rotatable bonds is 5. The van der Waals surface area contributed by atoms with Gasteiger partial charge < -0.3 is 10.6 Å². The Morgan fingerprint density at radius 3 is 2.33 bits per heavy atom. The van der Waals surface area contributed by atoms with Gasteiger partial charge in [-0.15, -0.1) is 0 Å². The predicted molar refractivity (Wildman–Crippen MR) is 93.9 cm³/mol. The summed E-state index contributed by atoms with van der Waals surface area (Å²) in [6, 6.07) is 10.9. The lowest BCUT2D eigenvalue weighted by Crippen LogP contribution is -2.17. The molecule has 7 nitrogen and oxygen atoms in total. The van der Waals surface area contributed by atoms with Gasteiger partial charge in [0, 0.05) is 23.5 Å². The van der Waals surface area contributed by atoms with Crippen LogP contribution >= 0.6 is 15.9 Å². The Balaban J connectivity index is 2.10. The van der Waals surface area contributed by atoms with Crippen LogP contribution in [0.5, 0.6) is 0 Å². The molecule has 0 heterocycles. The van der Waals surface area contributed by atoms with Crippen molar-refractivity contribution >= 4 is 44.8 Å². The maximum atomic E-state index is 12.2. The van der Waals surface area contributed by atoms with Gasteiger partial charge >= 0.3 is 0 Å². The molecular formula is C16H14BrN3O4. The van der Waals surface area contributed by atoms with Gasteiger partial charge in [0.05, 0.1) is 22.7 Å². The number of hydrogen-bond acceptors (Lipinski definition) is 4. The average Bonchev–Trinajstić information content (AvgIpc) is 2.50. The first kappa shape index (κ1) is 17.6. The summed E-state index contributed by atoms with van der Waals surface area (Å²) in [5.41, 5.74) is 1.57. The predicted octanol–water partition coefficient (Wildman–Crippen LogP) is 3.50. The van der Waals surface area contributed by atoms with E-state index in [1.54, 1.807) is 18.2 Å². The number of halogens is 1. The molecule has 2 aromatic rings. The number of non-ortho nitro benzene ring substituents is 1. The van der Waals surface area contributed by atoms with E-state index in [-0.39, 0.29) is 23.9 Å². The highest BCUT2D eigenvalue weighted by molar-refractivity contribution is 9.10. The molecule has 0 aliphatic heterocycles. The van der Waals surface area contributed by atoms with Crippen molar-refractivity contribution in [3.63, 3.8) is 0 Å². The van der Waals surface area contributed by atoms with Crippen LogP contribution in [-0.4, -0.2) is 16.7 Å². The summed E-state index contributed by atoms with van der Waals surface area (Å²) in [5.74, 6) is -0.545. The van der Waals surface area contributed by atoms with Gasteiger partial charge in [-0.1, -0.05) is 28.1 Å². The van der Waals surface area contributed by atoms with Gasteiger partial charge in [-0.25, -0.2) is 0 Å². The number of hydrogen-bond donors (Lipinski definition) is 2. The molecule has 8 heteroatoms. The molecular weight excluding hydrogens is 378 g/mol. The van der Waals surface area contributed by atoms with E-state index in [0.29, 0.717) is 16.9 Å². The van der Waals surface area contributed by atoms with Crippen LogP contribution in [0.1, 0.15) is 12.5 Å². The first-order valence-electron chi connectivity index (χ1n) is 6.95. The summed E-state index contributed by atoms with van der Waals surface area (Å²) in [7, 11) is 0. The van der Waals surface area contributed by atoms with Crippen molar-refractivity contribution in [2.24, 2.45) is 0 Å². The van der Waals surface area contributed by atoms with E-state index in [2.05, 4.69) is 26.6 Å². The van der Waals surface area contributed by atoms with E-state index in [0.717, 1.165) is 4.47 Å². The third kappa shape index (κ3) is 4.88. The molecule has 124 valence electrons. The van der Waals surface area contributed by atoms with Gasteiger partial charge in [0.1, 0.15) is 0 Å². The third-order valence-electron chi connectivity index (χ3n) is 3.08. The summed E-state index contributed by atoms with van der Waals surface area (Å²) in [4.78, 5) is 33.5. The Morgan fingerprint density at radius 1 is 1.08 bits per heavy atom. The molecule has 0 radical (unpaired) electrons. The zero-order valence-electron chi connectivity index (χ0n) is 12.7. The summed E-state index contributed by atoms with van der Waals surface area (Å²) in [6.07, 6.45) is 0.0595. The Kier molecular flexibility index (Phi) is 5.64. The number of amides is 2. The molecule has 0 atom stereocenters. The molecule has 0 saturated heterocycles. The largest absolute Gasteiger partial charge is 0.325 e. The van der Waals surface area contributed by atoms with Crippen molar-refractivity contribution in [2.45, 2.75) is 13.3 Å². The Labute approximate surface area is 146 Å². The molecule has 0 fully saturated rings. The third-order valence-corrected chi connectivity index (χ3v) is 3.57. The van der Waals surface area contributed by atoms with Crippen molar-refractivity contribution in [3.8, 4) is 0 Å². The summed E-state index contributed by atoms with van der Waals surface area (Å²) >= 11 is 3.31. The molecule has 2 rings (SSSR count). The number of nitrogens with one attached hydrogen (secondary N) is 2. The summed E-state index contributed by atoms with van der Waals surface area (Å²) in [6.45, 7) is 1.38.